The van der Waals surface area contributed by atoms with E-state index in [1.54, 1.807) is 18.3 Å². The van der Waals surface area contributed by atoms with E-state index in [0.29, 0.717) is 5.92 Å². The summed E-state index contributed by atoms with van der Waals surface area (Å²) in [6.45, 7) is 9.98. The molecule has 1 unspecified atom stereocenters. The number of carbonyl (C=O) groups excluding carboxylic acids is 1. The first-order chi connectivity index (χ1) is 9.47. The lowest BCUT2D eigenvalue weighted by atomic mass is 10.0. The smallest absolute Gasteiger partial charge is 0.151 e. The zero-order chi connectivity index (χ0) is 14.7. The SMILES string of the molecule is C=C(NC(CC(C)C)C(C)=O)c1cc2ccccc2s1. The summed E-state index contributed by atoms with van der Waals surface area (Å²) in [7, 11) is 0. The third kappa shape index (κ3) is 3.48. The molecular formula is C17H21NOS. The second-order valence-electron chi connectivity index (χ2n) is 5.56. The molecule has 20 heavy (non-hydrogen) atoms. The molecule has 0 bridgehead atoms. The van der Waals surface area contributed by atoms with Gasteiger partial charge in [0.1, 0.15) is 0 Å². The van der Waals surface area contributed by atoms with Gasteiger partial charge in [-0.15, -0.1) is 11.3 Å². The number of carbonyl (C=O) groups is 1. The molecule has 0 aliphatic heterocycles. The van der Waals surface area contributed by atoms with Crippen LogP contribution in [0.5, 0.6) is 0 Å². The van der Waals surface area contributed by atoms with E-state index in [2.05, 4.69) is 43.9 Å². The largest absolute Gasteiger partial charge is 0.375 e. The summed E-state index contributed by atoms with van der Waals surface area (Å²) >= 11 is 1.70. The van der Waals surface area contributed by atoms with Gasteiger partial charge in [0.25, 0.3) is 0 Å². The predicted molar refractivity (Wildman–Crippen MR) is 87.9 cm³/mol. The van der Waals surface area contributed by atoms with Crippen LogP contribution in [0.15, 0.2) is 36.9 Å². The van der Waals surface area contributed by atoms with Gasteiger partial charge in [0.15, 0.2) is 5.78 Å². The molecule has 3 heteroatoms. The molecule has 106 valence electrons. The fourth-order valence-corrected chi connectivity index (χ4v) is 3.21. The van der Waals surface area contributed by atoms with Crippen molar-refractivity contribution < 1.29 is 4.79 Å². The van der Waals surface area contributed by atoms with E-state index < -0.39 is 0 Å². The summed E-state index contributed by atoms with van der Waals surface area (Å²) in [5, 5.41) is 4.51. The maximum Gasteiger partial charge on any atom is 0.151 e. The van der Waals surface area contributed by atoms with Gasteiger partial charge in [-0.05, 0) is 36.8 Å². The van der Waals surface area contributed by atoms with Crippen molar-refractivity contribution in [1.29, 1.82) is 0 Å². The minimum absolute atomic E-state index is 0.146. The molecule has 1 heterocycles. The predicted octanol–water partition coefficient (Wildman–Crippen LogP) is 4.47. The maximum absolute atomic E-state index is 11.7. The van der Waals surface area contributed by atoms with Gasteiger partial charge in [-0.25, -0.2) is 0 Å². The van der Waals surface area contributed by atoms with E-state index in [1.165, 1.54) is 10.1 Å². The molecule has 2 aromatic rings. The zero-order valence-corrected chi connectivity index (χ0v) is 13.1. The number of thiophene rings is 1. The van der Waals surface area contributed by atoms with E-state index in [9.17, 15) is 4.79 Å². The quantitative estimate of drug-likeness (QED) is 0.849. The number of nitrogens with one attached hydrogen (secondary N) is 1. The molecule has 1 aromatic carbocycles. The van der Waals surface area contributed by atoms with E-state index >= 15 is 0 Å². The molecule has 0 amide bonds. The lowest BCUT2D eigenvalue weighted by Gasteiger charge is -2.19. The van der Waals surface area contributed by atoms with E-state index in [-0.39, 0.29) is 11.8 Å². The molecular weight excluding hydrogens is 266 g/mol. The van der Waals surface area contributed by atoms with Gasteiger partial charge in [-0.2, -0.15) is 0 Å². The fraction of sp³-hybridized carbons (Fsp3) is 0.353. The summed E-state index contributed by atoms with van der Waals surface area (Å²) in [6.07, 6.45) is 0.833. The molecule has 0 saturated heterocycles. The molecule has 0 saturated carbocycles. The first-order valence-electron chi connectivity index (χ1n) is 6.92. The summed E-state index contributed by atoms with van der Waals surface area (Å²) in [4.78, 5) is 12.8. The van der Waals surface area contributed by atoms with Gasteiger partial charge in [0.05, 0.1) is 10.9 Å². The highest BCUT2D eigenvalue weighted by molar-refractivity contribution is 7.20. The van der Waals surface area contributed by atoms with Crippen LogP contribution in [0.25, 0.3) is 15.8 Å². The van der Waals surface area contributed by atoms with Gasteiger partial charge in [-0.3, -0.25) is 4.79 Å². The molecule has 0 fully saturated rings. The average molecular weight is 287 g/mol. The van der Waals surface area contributed by atoms with E-state index in [0.717, 1.165) is 17.0 Å². The Balaban J connectivity index is 2.15. The minimum atomic E-state index is -0.146. The normalized spacial score (nSPS) is 12.6. The Morgan fingerprint density at radius 2 is 2.05 bits per heavy atom. The standard InChI is InChI=1S/C17H21NOS/c1-11(2)9-15(13(4)19)18-12(3)17-10-14-7-5-6-8-16(14)20-17/h5-8,10-11,15,18H,3,9H2,1-2,4H3. The monoisotopic (exact) mass is 287 g/mol. The molecule has 0 aliphatic carbocycles. The van der Waals surface area contributed by atoms with Crippen LogP contribution >= 0.6 is 11.3 Å². The number of hydrogen-bond acceptors (Lipinski definition) is 3. The van der Waals surface area contributed by atoms with Crippen molar-refractivity contribution in [2.45, 2.75) is 33.2 Å². The highest BCUT2D eigenvalue weighted by Gasteiger charge is 2.17. The van der Waals surface area contributed by atoms with E-state index in [4.69, 9.17) is 0 Å². The topological polar surface area (TPSA) is 29.1 Å². The second kappa shape index (κ2) is 6.23. The summed E-state index contributed by atoms with van der Waals surface area (Å²) in [6, 6.07) is 10.3. The molecule has 1 atom stereocenters. The van der Waals surface area contributed by atoms with Gasteiger partial charge in [0.2, 0.25) is 0 Å². The highest BCUT2D eigenvalue weighted by atomic mass is 32.1. The Bertz CT molecular complexity index is 594. The first-order valence-corrected chi connectivity index (χ1v) is 7.74. The summed E-state index contributed by atoms with van der Waals surface area (Å²) < 4.78 is 1.24. The van der Waals surface area contributed by atoms with Crippen LogP contribution in [0, 0.1) is 5.92 Å². The van der Waals surface area contributed by atoms with Gasteiger partial charge in [0, 0.05) is 10.4 Å². The van der Waals surface area contributed by atoms with Crippen LogP contribution in [0.1, 0.15) is 32.1 Å². The summed E-state index contributed by atoms with van der Waals surface area (Å²) in [5.74, 6) is 0.646. The number of ketones is 1. The van der Waals surface area contributed by atoms with Crippen molar-refractivity contribution in [2.75, 3.05) is 0 Å². The number of benzene rings is 1. The van der Waals surface area contributed by atoms with Crippen molar-refractivity contribution >= 4 is 32.9 Å². The van der Waals surface area contributed by atoms with Crippen LogP contribution in [0.2, 0.25) is 0 Å². The lowest BCUT2D eigenvalue weighted by Crippen LogP contribution is -2.34. The summed E-state index contributed by atoms with van der Waals surface area (Å²) in [5.41, 5.74) is 0.840. The Kier molecular flexibility index (Phi) is 4.61. The van der Waals surface area contributed by atoms with Crippen LogP contribution in [-0.4, -0.2) is 11.8 Å². The first kappa shape index (κ1) is 14.8. The van der Waals surface area contributed by atoms with Crippen LogP contribution in [0.3, 0.4) is 0 Å². The molecule has 0 spiro atoms. The lowest BCUT2D eigenvalue weighted by molar-refractivity contribution is -0.119. The number of hydrogen-bond donors (Lipinski definition) is 1. The number of Topliss-reactive ketones (excluding diaryl/α,β-unsaturated/α-hetero) is 1. The van der Waals surface area contributed by atoms with Gasteiger partial charge in [-0.1, -0.05) is 38.6 Å². The third-order valence-electron chi connectivity index (χ3n) is 3.27. The fourth-order valence-electron chi connectivity index (χ4n) is 2.21. The van der Waals surface area contributed by atoms with Crippen LogP contribution in [0.4, 0.5) is 0 Å². The van der Waals surface area contributed by atoms with Crippen molar-refractivity contribution in [3.05, 3.63) is 41.8 Å². The molecule has 0 radical (unpaired) electrons. The van der Waals surface area contributed by atoms with E-state index in [1.807, 2.05) is 12.1 Å². The molecule has 2 nitrogen and oxygen atoms in total. The average Bonchev–Trinajstić information content (AvgIpc) is 2.81. The Morgan fingerprint density at radius 1 is 1.35 bits per heavy atom. The van der Waals surface area contributed by atoms with Crippen molar-refractivity contribution in [2.24, 2.45) is 5.92 Å². The highest BCUT2D eigenvalue weighted by Crippen LogP contribution is 2.29. The van der Waals surface area contributed by atoms with Crippen molar-refractivity contribution in [1.82, 2.24) is 5.32 Å². The van der Waals surface area contributed by atoms with Gasteiger partial charge < -0.3 is 5.32 Å². The van der Waals surface area contributed by atoms with Crippen LogP contribution < -0.4 is 5.32 Å². The zero-order valence-electron chi connectivity index (χ0n) is 12.3. The maximum atomic E-state index is 11.7. The Hall–Kier alpha value is -1.61. The minimum Gasteiger partial charge on any atom is -0.375 e. The second-order valence-corrected chi connectivity index (χ2v) is 6.65. The molecule has 1 aromatic heterocycles. The third-order valence-corrected chi connectivity index (χ3v) is 4.45. The van der Waals surface area contributed by atoms with Crippen molar-refractivity contribution in [3.8, 4) is 0 Å². The van der Waals surface area contributed by atoms with Crippen molar-refractivity contribution in [3.63, 3.8) is 0 Å². The van der Waals surface area contributed by atoms with Crippen LogP contribution in [-0.2, 0) is 4.79 Å². The molecule has 1 N–H and O–H groups in total. The number of fused-ring (bicyclic) bond motifs is 1. The Morgan fingerprint density at radius 3 is 2.65 bits per heavy atom. The van der Waals surface area contributed by atoms with Gasteiger partial charge >= 0.3 is 0 Å². The number of rotatable bonds is 6. The molecule has 0 aliphatic rings. The Labute approximate surface area is 124 Å². The molecule has 2 rings (SSSR count).